The van der Waals surface area contributed by atoms with Crippen molar-refractivity contribution in [3.63, 3.8) is 0 Å². The predicted molar refractivity (Wildman–Crippen MR) is 135 cm³/mol. The monoisotopic (exact) mass is 512 g/mol. The normalized spacial score (nSPS) is 23.9. The average Bonchev–Trinajstić information content (AvgIpc) is 2.78. The third-order valence-corrected chi connectivity index (χ3v) is 5.85. The molecule has 0 saturated carbocycles. The Morgan fingerprint density at radius 3 is 2.00 bits per heavy atom. The molecule has 2 fully saturated rings. The minimum absolute atomic E-state index is 0. The first-order valence-corrected chi connectivity index (χ1v) is 12.3. The van der Waals surface area contributed by atoms with Crippen LogP contribution in [0.25, 0.3) is 0 Å². The van der Waals surface area contributed by atoms with E-state index in [9.17, 15) is 20.1 Å². The van der Waals surface area contributed by atoms with Gasteiger partial charge in [0.1, 0.15) is 5.60 Å². The Hall–Kier alpha value is -0.720. The fourth-order valence-electron chi connectivity index (χ4n) is 3.84. The largest absolute Gasteiger partial charge is 0.444 e. The number of aliphatic hydroxyl groups excluding tert-OH is 4. The number of aliphatic hydroxyl groups is 4. The molecule has 10 nitrogen and oxygen atoms in total. The molecule has 2 aliphatic rings. The zero-order valence-electron chi connectivity index (χ0n) is 21.6. The van der Waals surface area contributed by atoms with E-state index in [2.05, 4.69) is 15.1 Å². The molecule has 11 heteroatoms. The van der Waals surface area contributed by atoms with Crippen LogP contribution in [0.5, 0.6) is 0 Å². The van der Waals surface area contributed by atoms with Gasteiger partial charge in [0.2, 0.25) is 0 Å². The van der Waals surface area contributed by atoms with Gasteiger partial charge in [-0.2, -0.15) is 0 Å². The first kappa shape index (κ1) is 33.3. The molecular weight excluding hydrogens is 464 g/mol. The second kappa shape index (κ2) is 16.9. The van der Waals surface area contributed by atoms with Crippen LogP contribution in [0.1, 0.15) is 47.5 Å². The van der Waals surface area contributed by atoms with Crippen molar-refractivity contribution < 1.29 is 30.0 Å². The van der Waals surface area contributed by atoms with E-state index in [4.69, 9.17) is 9.84 Å². The van der Waals surface area contributed by atoms with Crippen LogP contribution in [0, 0.1) is 0 Å². The number of carbonyl (C=O) groups is 1. The molecule has 4 atom stereocenters. The minimum Gasteiger partial charge on any atom is -0.444 e. The van der Waals surface area contributed by atoms with Gasteiger partial charge in [0.25, 0.3) is 0 Å². The van der Waals surface area contributed by atoms with E-state index in [1.807, 2.05) is 34.6 Å². The smallest absolute Gasteiger partial charge is 0.410 e. The first-order valence-electron chi connectivity index (χ1n) is 12.3. The highest BCUT2D eigenvalue weighted by molar-refractivity contribution is 5.85. The van der Waals surface area contributed by atoms with Crippen LogP contribution in [-0.2, 0) is 4.74 Å². The summed E-state index contributed by atoms with van der Waals surface area (Å²) in [5, 5.41) is 40.8. The minimum atomic E-state index is -0.535. The summed E-state index contributed by atoms with van der Waals surface area (Å²) < 4.78 is 5.35. The van der Waals surface area contributed by atoms with E-state index in [0.717, 1.165) is 32.6 Å². The van der Waals surface area contributed by atoms with Crippen LogP contribution in [0.3, 0.4) is 0 Å². The Morgan fingerprint density at radius 2 is 1.53 bits per heavy atom. The molecule has 0 aromatic heterocycles. The summed E-state index contributed by atoms with van der Waals surface area (Å²) in [4.78, 5) is 18.0. The van der Waals surface area contributed by atoms with Gasteiger partial charge in [0.15, 0.2) is 0 Å². The van der Waals surface area contributed by atoms with Crippen molar-refractivity contribution in [1.82, 2.24) is 20.0 Å². The van der Waals surface area contributed by atoms with E-state index in [-0.39, 0.29) is 56.0 Å². The Labute approximate surface area is 211 Å². The molecule has 0 spiro atoms. The number of amides is 1. The summed E-state index contributed by atoms with van der Waals surface area (Å²) in [5.74, 6) is 0. The first-order chi connectivity index (χ1) is 15.5. The lowest BCUT2D eigenvalue weighted by Crippen LogP contribution is -2.58. The van der Waals surface area contributed by atoms with Crippen LogP contribution < -0.4 is 5.32 Å². The summed E-state index contributed by atoms with van der Waals surface area (Å²) in [6, 6.07) is -0.0968. The number of nitrogens with zero attached hydrogens (tertiary/aromatic N) is 3. The fourth-order valence-corrected chi connectivity index (χ4v) is 3.84. The number of hydrogen-bond acceptors (Lipinski definition) is 9. The molecule has 0 aliphatic carbocycles. The average molecular weight is 513 g/mol. The number of rotatable bonds is 8. The highest BCUT2D eigenvalue weighted by Crippen LogP contribution is 2.16. The lowest BCUT2D eigenvalue weighted by atomic mass is 10.1. The van der Waals surface area contributed by atoms with Crippen LogP contribution in [0.15, 0.2) is 0 Å². The molecule has 2 heterocycles. The summed E-state index contributed by atoms with van der Waals surface area (Å²) in [6.45, 7) is 15.3. The SMILES string of the molecule is CC[C@@H](O)CN1CCN(C(=O)OC(C)(C)C)[C@H](CO)C1.CC[C@@H](O)CN1CCN[C@H](CO)C1.Cl. The van der Waals surface area contributed by atoms with Gasteiger partial charge in [-0.3, -0.25) is 9.80 Å². The lowest BCUT2D eigenvalue weighted by molar-refractivity contribution is -0.0176. The highest BCUT2D eigenvalue weighted by atomic mass is 35.5. The molecule has 0 aromatic rings. The standard InChI is InChI=1S/C14H28N2O4.C9H20N2O2.ClH/c1-5-12(18)9-15-6-7-16(11(8-15)10-17)13(19)20-14(2,3)4;1-2-9(13)6-11-4-3-10-8(5-11)7-12;/h11-12,17-18H,5-10H2,1-4H3;8-10,12-13H,2-7H2,1H3;1H/t11-,12+;8-,9+;/m00./s1. The van der Waals surface area contributed by atoms with Crippen molar-refractivity contribution in [3.8, 4) is 0 Å². The van der Waals surface area contributed by atoms with Gasteiger partial charge < -0.3 is 35.4 Å². The van der Waals surface area contributed by atoms with E-state index in [1.54, 1.807) is 4.90 Å². The van der Waals surface area contributed by atoms with Gasteiger partial charge in [0.05, 0.1) is 31.5 Å². The molecule has 0 unspecified atom stereocenters. The van der Waals surface area contributed by atoms with Crippen molar-refractivity contribution in [2.45, 2.75) is 77.4 Å². The van der Waals surface area contributed by atoms with E-state index in [0.29, 0.717) is 32.6 Å². The van der Waals surface area contributed by atoms with Crippen molar-refractivity contribution in [3.05, 3.63) is 0 Å². The maximum absolute atomic E-state index is 12.1. The Morgan fingerprint density at radius 1 is 0.971 bits per heavy atom. The van der Waals surface area contributed by atoms with E-state index < -0.39 is 5.60 Å². The molecule has 2 rings (SSSR count). The third kappa shape index (κ3) is 12.8. The zero-order chi connectivity index (χ0) is 25.0. The van der Waals surface area contributed by atoms with Crippen LogP contribution in [-0.4, -0.2) is 137 Å². The number of carbonyl (C=O) groups excluding carboxylic acids is 1. The quantitative estimate of drug-likeness (QED) is 0.308. The number of nitrogens with one attached hydrogen (secondary N) is 1. The topological polar surface area (TPSA) is 129 Å². The van der Waals surface area contributed by atoms with Crippen molar-refractivity contribution in [1.29, 1.82) is 0 Å². The molecule has 34 heavy (non-hydrogen) atoms. The number of hydrogen-bond donors (Lipinski definition) is 5. The maximum atomic E-state index is 12.1. The van der Waals surface area contributed by atoms with Crippen LogP contribution in [0.4, 0.5) is 4.79 Å². The summed E-state index contributed by atoms with van der Waals surface area (Å²) in [5.41, 5.74) is -0.535. The third-order valence-electron chi connectivity index (χ3n) is 5.85. The number of ether oxygens (including phenoxy) is 1. The Balaban J connectivity index is 0.000000676. The number of β-amino-alcohol motifs (C(OH)–C–C–N with tert-alkyl or cyclic N) is 2. The van der Waals surface area contributed by atoms with Crippen LogP contribution in [0.2, 0.25) is 0 Å². The summed E-state index contributed by atoms with van der Waals surface area (Å²) in [7, 11) is 0. The molecule has 0 aromatic carbocycles. The van der Waals surface area contributed by atoms with Crippen LogP contribution >= 0.6 is 12.4 Å². The zero-order valence-corrected chi connectivity index (χ0v) is 22.5. The van der Waals surface area contributed by atoms with Gasteiger partial charge >= 0.3 is 6.09 Å². The van der Waals surface area contributed by atoms with Crippen molar-refractivity contribution in [2.75, 3.05) is 65.6 Å². The molecule has 1 amide bonds. The van der Waals surface area contributed by atoms with E-state index in [1.165, 1.54) is 0 Å². The molecule has 2 saturated heterocycles. The molecule has 0 radical (unpaired) electrons. The maximum Gasteiger partial charge on any atom is 0.410 e. The number of halogens is 1. The molecule has 204 valence electrons. The van der Waals surface area contributed by atoms with Gasteiger partial charge in [-0.15, -0.1) is 12.4 Å². The second-order valence-electron chi connectivity index (χ2n) is 9.99. The molecular formula is C23H49ClN4O6. The second-order valence-corrected chi connectivity index (χ2v) is 9.99. The van der Waals surface area contributed by atoms with Crippen molar-refractivity contribution in [2.24, 2.45) is 0 Å². The van der Waals surface area contributed by atoms with Gasteiger partial charge in [-0.05, 0) is 33.6 Å². The molecule has 0 bridgehead atoms. The summed E-state index contributed by atoms with van der Waals surface area (Å²) >= 11 is 0. The van der Waals surface area contributed by atoms with Gasteiger partial charge in [-0.1, -0.05) is 13.8 Å². The van der Waals surface area contributed by atoms with Crippen molar-refractivity contribution >= 4 is 18.5 Å². The molecule has 2 aliphatic heterocycles. The van der Waals surface area contributed by atoms with Gasteiger partial charge in [0, 0.05) is 58.4 Å². The fraction of sp³-hybridized carbons (Fsp3) is 0.957. The lowest BCUT2D eigenvalue weighted by Gasteiger charge is -2.41. The summed E-state index contributed by atoms with van der Waals surface area (Å²) in [6.07, 6.45) is 0.538. The van der Waals surface area contributed by atoms with Gasteiger partial charge in [-0.25, -0.2) is 4.79 Å². The predicted octanol–water partition coefficient (Wildman–Crippen LogP) is 0.116. The van der Waals surface area contributed by atoms with E-state index >= 15 is 0 Å². The Bertz CT molecular complexity index is 552. The number of piperazine rings is 2. The Kier molecular flexibility index (Phi) is 16.5. The highest BCUT2D eigenvalue weighted by Gasteiger charge is 2.33. The molecule has 5 N–H and O–H groups in total.